The van der Waals surface area contributed by atoms with Crippen molar-refractivity contribution in [2.75, 3.05) is 0 Å². The minimum Gasteiger partial charge on any atom is -0.468 e. The molecule has 0 N–H and O–H groups in total. The van der Waals surface area contributed by atoms with Crippen LogP contribution in [-0.4, -0.2) is 15.1 Å². The van der Waals surface area contributed by atoms with Crippen LogP contribution in [0.1, 0.15) is 17.2 Å². The Hall–Kier alpha value is -3.18. The third kappa shape index (κ3) is 4.07. The molecule has 130 valence electrons. The van der Waals surface area contributed by atoms with Gasteiger partial charge in [-0.15, -0.1) is 10.2 Å². The molecule has 0 fully saturated rings. The lowest BCUT2D eigenvalue weighted by Gasteiger charge is -2.19. The second-order valence-corrected chi connectivity index (χ2v) is 6.08. The van der Waals surface area contributed by atoms with Crippen LogP contribution < -0.4 is 0 Å². The van der Waals surface area contributed by atoms with Gasteiger partial charge in [0.1, 0.15) is 5.76 Å². The van der Waals surface area contributed by atoms with Gasteiger partial charge >= 0.3 is 0 Å². The molecule has 0 aliphatic rings. The van der Waals surface area contributed by atoms with Gasteiger partial charge in [-0.05, 0) is 29.8 Å². The van der Waals surface area contributed by atoms with Gasteiger partial charge in [0.25, 0.3) is 0 Å². The van der Waals surface area contributed by atoms with Crippen LogP contribution in [0.15, 0.2) is 87.9 Å². The molecule has 5 heteroatoms. The zero-order valence-corrected chi connectivity index (χ0v) is 14.3. The van der Waals surface area contributed by atoms with Gasteiger partial charge in [0.05, 0.1) is 19.4 Å². The molecular weight excluding hydrogens is 326 g/mol. The molecule has 4 rings (SSSR count). The van der Waals surface area contributed by atoms with E-state index in [4.69, 9.17) is 8.83 Å². The monoisotopic (exact) mass is 345 g/mol. The maximum Gasteiger partial charge on any atom is 0.247 e. The van der Waals surface area contributed by atoms with E-state index < -0.39 is 0 Å². The van der Waals surface area contributed by atoms with Crippen molar-refractivity contribution in [2.45, 2.75) is 19.6 Å². The van der Waals surface area contributed by atoms with Gasteiger partial charge < -0.3 is 8.83 Å². The summed E-state index contributed by atoms with van der Waals surface area (Å²) in [7, 11) is 0. The summed E-state index contributed by atoms with van der Waals surface area (Å²) in [5, 5.41) is 8.39. The second kappa shape index (κ2) is 7.80. The Bertz CT molecular complexity index is 918. The lowest BCUT2D eigenvalue weighted by molar-refractivity contribution is 0.206. The lowest BCUT2D eigenvalue weighted by Crippen LogP contribution is -2.22. The van der Waals surface area contributed by atoms with Crippen molar-refractivity contribution in [2.24, 2.45) is 0 Å². The molecule has 0 atom stereocenters. The molecule has 0 unspecified atom stereocenters. The first-order chi connectivity index (χ1) is 12.9. The minimum atomic E-state index is 0.540. The summed E-state index contributed by atoms with van der Waals surface area (Å²) in [4.78, 5) is 2.22. The molecule has 0 amide bonds. The normalized spacial score (nSPS) is 11.1. The Morgan fingerprint density at radius 2 is 1.50 bits per heavy atom. The molecule has 4 aromatic rings. The van der Waals surface area contributed by atoms with Gasteiger partial charge in [-0.1, -0.05) is 48.5 Å². The van der Waals surface area contributed by atoms with E-state index >= 15 is 0 Å². The molecule has 2 aromatic carbocycles. The molecule has 26 heavy (non-hydrogen) atoms. The summed E-state index contributed by atoms with van der Waals surface area (Å²) in [6.45, 7) is 1.99. The first-order valence-electron chi connectivity index (χ1n) is 8.53. The van der Waals surface area contributed by atoms with Gasteiger partial charge in [-0.3, -0.25) is 4.90 Å². The van der Waals surface area contributed by atoms with E-state index in [9.17, 15) is 0 Å². The third-order valence-electron chi connectivity index (χ3n) is 4.06. The minimum absolute atomic E-state index is 0.540. The lowest BCUT2D eigenvalue weighted by atomic mass is 10.2. The summed E-state index contributed by atoms with van der Waals surface area (Å²) in [6.07, 6.45) is 1.69. The maximum atomic E-state index is 5.86. The number of aromatic nitrogens is 2. The summed E-state index contributed by atoms with van der Waals surface area (Å²) in [5.74, 6) is 2.04. The van der Waals surface area contributed by atoms with E-state index in [-0.39, 0.29) is 0 Å². The second-order valence-electron chi connectivity index (χ2n) is 6.08. The fourth-order valence-electron chi connectivity index (χ4n) is 2.84. The predicted molar refractivity (Wildman–Crippen MR) is 97.8 cm³/mol. The molecule has 0 saturated heterocycles. The van der Waals surface area contributed by atoms with Crippen LogP contribution in [0, 0.1) is 0 Å². The van der Waals surface area contributed by atoms with E-state index in [1.807, 2.05) is 60.7 Å². The number of nitrogens with zero attached hydrogens (tertiary/aromatic N) is 3. The van der Waals surface area contributed by atoms with Gasteiger partial charge in [-0.25, -0.2) is 0 Å². The number of hydrogen-bond donors (Lipinski definition) is 0. The Morgan fingerprint density at radius 3 is 2.23 bits per heavy atom. The summed E-state index contributed by atoms with van der Waals surface area (Å²) < 4.78 is 11.4. The van der Waals surface area contributed by atoms with Crippen molar-refractivity contribution in [1.29, 1.82) is 0 Å². The van der Waals surface area contributed by atoms with Crippen LogP contribution in [0.2, 0.25) is 0 Å². The molecule has 0 radical (unpaired) electrons. The van der Waals surface area contributed by atoms with Crippen molar-refractivity contribution in [3.05, 3.63) is 96.3 Å². The SMILES string of the molecule is c1ccc(CN(Cc2ccco2)Cc2nnc(-c3ccccc3)o2)cc1. The van der Waals surface area contributed by atoms with Crippen LogP contribution in [0.4, 0.5) is 0 Å². The van der Waals surface area contributed by atoms with Crippen LogP contribution >= 0.6 is 0 Å². The first kappa shape index (κ1) is 16.3. The summed E-state index contributed by atoms with van der Waals surface area (Å²) >= 11 is 0. The van der Waals surface area contributed by atoms with Crippen LogP contribution in [0.3, 0.4) is 0 Å². The highest BCUT2D eigenvalue weighted by atomic mass is 16.4. The van der Waals surface area contributed by atoms with Gasteiger partial charge in [0.2, 0.25) is 11.8 Å². The highest BCUT2D eigenvalue weighted by molar-refractivity contribution is 5.51. The van der Waals surface area contributed by atoms with Crippen LogP contribution in [-0.2, 0) is 19.6 Å². The Kier molecular flexibility index (Phi) is 4.89. The topological polar surface area (TPSA) is 55.3 Å². The first-order valence-corrected chi connectivity index (χ1v) is 8.53. The van der Waals surface area contributed by atoms with Gasteiger partial charge in [-0.2, -0.15) is 0 Å². The zero-order chi connectivity index (χ0) is 17.6. The van der Waals surface area contributed by atoms with E-state index in [2.05, 4.69) is 27.2 Å². The molecule has 2 aromatic heterocycles. The van der Waals surface area contributed by atoms with Crippen molar-refractivity contribution < 1.29 is 8.83 Å². The van der Waals surface area contributed by atoms with Gasteiger partial charge in [0, 0.05) is 12.1 Å². The fourth-order valence-corrected chi connectivity index (χ4v) is 2.84. The summed E-state index contributed by atoms with van der Waals surface area (Å²) in [6, 6.07) is 24.0. The predicted octanol–water partition coefficient (Wildman–Crippen LogP) is 4.53. The number of benzene rings is 2. The largest absolute Gasteiger partial charge is 0.468 e. The van der Waals surface area contributed by atoms with Crippen molar-refractivity contribution in [3.8, 4) is 11.5 Å². The molecule has 0 spiro atoms. The van der Waals surface area contributed by atoms with E-state index in [1.165, 1.54) is 5.56 Å². The highest BCUT2D eigenvalue weighted by Crippen LogP contribution is 2.19. The van der Waals surface area contributed by atoms with E-state index in [0.717, 1.165) is 17.9 Å². The number of furan rings is 1. The maximum absolute atomic E-state index is 5.86. The molecule has 0 saturated carbocycles. The van der Waals surface area contributed by atoms with Crippen molar-refractivity contribution >= 4 is 0 Å². The molecule has 2 heterocycles. The average molecular weight is 345 g/mol. The third-order valence-corrected chi connectivity index (χ3v) is 4.06. The molecule has 0 aliphatic carbocycles. The number of rotatable bonds is 7. The molecule has 0 bridgehead atoms. The zero-order valence-electron chi connectivity index (χ0n) is 14.3. The van der Waals surface area contributed by atoms with Gasteiger partial charge in [0.15, 0.2) is 0 Å². The molecule has 0 aliphatic heterocycles. The Labute approximate surface area is 151 Å². The van der Waals surface area contributed by atoms with Crippen molar-refractivity contribution in [3.63, 3.8) is 0 Å². The molecule has 5 nitrogen and oxygen atoms in total. The fraction of sp³-hybridized carbons (Fsp3) is 0.143. The average Bonchev–Trinajstić information content (AvgIpc) is 3.35. The highest BCUT2D eigenvalue weighted by Gasteiger charge is 2.15. The van der Waals surface area contributed by atoms with E-state index in [1.54, 1.807) is 6.26 Å². The quantitative estimate of drug-likeness (QED) is 0.492. The van der Waals surface area contributed by atoms with Crippen LogP contribution in [0.25, 0.3) is 11.5 Å². The van der Waals surface area contributed by atoms with E-state index in [0.29, 0.717) is 24.9 Å². The number of hydrogen-bond acceptors (Lipinski definition) is 5. The Balaban J connectivity index is 1.51. The summed E-state index contributed by atoms with van der Waals surface area (Å²) in [5.41, 5.74) is 2.15. The standard InChI is InChI=1S/C21H19N3O2/c1-3-8-17(9-4-1)14-24(15-19-12-7-13-25-19)16-20-22-23-21(26-20)18-10-5-2-6-11-18/h1-13H,14-16H2. The van der Waals surface area contributed by atoms with Crippen molar-refractivity contribution in [1.82, 2.24) is 15.1 Å². The smallest absolute Gasteiger partial charge is 0.247 e. The van der Waals surface area contributed by atoms with Crippen LogP contribution in [0.5, 0.6) is 0 Å². The molecular formula is C21H19N3O2. The Morgan fingerprint density at radius 1 is 0.731 bits per heavy atom.